The Hall–Kier alpha value is -2.83. The highest BCUT2D eigenvalue weighted by atomic mass is 16.5. The molecule has 1 N–H and O–H groups in total. The van der Waals surface area contributed by atoms with Crippen LogP contribution in [-0.2, 0) is 9.47 Å². The molecule has 0 bridgehead atoms. The van der Waals surface area contributed by atoms with Gasteiger partial charge in [0.25, 0.3) is 0 Å². The lowest BCUT2D eigenvalue weighted by molar-refractivity contribution is 0.0233. The van der Waals surface area contributed by atoms with Gasteiger partial charge in [-0.25, -0.2) is 4.79 Å². The minimum atomic E-state index is -0.341. The second kappa shape index (κ2) is 8.68. The van der Waals surface area contributed by atoms with E-state index < -0.39 is 0 Å². The smallest absolute Gasteiger partial charge is 0.355 e. The van der Waals surface area contributed by atoms with Gasteiger partial charge in [0.15, 0.2) is 0 Å². The van der Waals surface area contributed by atoms with E-state index in [1.807, 2.05) is 49.4 Å². The number of nitrogens with one attached hydrogen (secondary N) is 1. The number of benzene rings is 2. The number of hydrogen-bond donors (Lipinski definition) is 1. The maximum Gasteiger partial charge on any atom is 0.355 e. The van der Waals surface area contributed by atoms with Gasteiger partial charge in [0.1, 0.15) is 11.4 Å². The minimum Gasteiger partial charge on any atom is -0.496 e. The van der Waals surface area contributed by atoms with Crippen LogP contribution in [0.15, 0.2) is 48.5 Å². The molecule has 0 amide bonds. The lowest BCUT2D eigenvalue weighted by Crippen LogP contribution is -2.40. The number of methoxy groups -OCH3 is 1. The highest BCUT2D eigenvalue weighted by Crippen LogP contribution is 2.40. The first-order chi connectivity index (χ1) is 14.2. The highest BCUT2D eigenvalue weighted by molar-refractivity contribution is 5.99. The van der Waals surface area contributed by atoms with E-state index in [2.05, 4.69) is 16.0 Å². The zero-order valence-electron chi connectivity index (χ0n) is 16.8. The van der Waals surface area contributed by atoms with E-state index in [-0.39, 0.29) is 12.0 Å². The van der Waals surface area contributed by atoms with Gasteiger partial charge >= 0.3 is 5.97 Å². The van der Waals surface area contributed by atoms with Gasteiger partial charge in [-0.15, -0.1) is 0 Å². The number of H-pyrrole nitrogens is 1. The topological polar surface area (TPSA) is 63.8 Å². The van der Waals surface area contributed by atoms with Gasteiger partial charge < -0.3 is 19.2 Å². The second-order valence-electron chi connectivity index (χ2n) is 6.97. The maximum atomic E-state index is 12.9. The lowest BCUT2D eigenvalue weighted by atomic mass is 9.93. The number of ether oxygens (including phenoxy) is 3. The molecule has 1 aliphatic heterocycles. The van der Waals surface area contributed by atoms with E-state index in [0.29, 0.717) is 25.5 Å². The zero-order chi connectivity index (χ0) is 20.2. The van der Waals surface area contributed by atoms with E-state index in [9.17, 15) is 4.79 Å². The largest absolute Gasteiger partial charge is 0.496 e. The van der Waals surface area contributed by atoms with Gasteiger partial charge in [0.2, 0.25) is 0 Å². The predicted octanol–water partition coefficient (Wildman–Crippen LogP) is 3.77. The van der Waals surface area contributed by atoms with Crippen LogP contribution in [0.5, 0.6) is 5.75 Å². The molecular weight excluding hydrogens is 368 g/mol. The van der Waals surface area contributed by atoms with E-state index in [0.717, 1.165) is 40.9 Å². The van der Waals surface area contributed by atoms with E-state index in [1.165, 1.54) is 0 Å². The van der Waals surface area contributed by atoms with Crippen LogP contribution in [0.2, 0.25) is 0 Å². The Morgan fingerprint density at radius 3 is 2.62 bits per heavy atom. The summed E-state index contributed by atoms with van der Waals surface area (Å²) in [5, 5.41) is 1.01. The van der Waals surface area contributed by atoms with Crippen molar-refractivity contribution in [3.8, 4) is 5.75 Å². The Bertz CT molecular complexity index is 991. The first kappa shape index (κ1) is 19.5. The number of esters is 1. The fraction of sp³-hybridized carbons (Fsp3) is 0.348. The molecular formula is C23H26N2O4. The summed E-state index contributed by atoms with van der Waals surface area (Å²) in [4.78, 5) is 18.5. The molecule has 1 fully saturated rings. The first-order valence-electron chi connectivity index (χ1n) is 9.97. The van der Waals surface area contributed by atoms with Crippen LogP contribution in [0.1, 0.15) is 34.6 Å². The summed E-state index contributed by atoms with van der Waals surface area (Å²) in [6.07, 6.45) is 0. The molecule has 152 valence electrons. The van der Waals surface area contributed by atoms with Crippen molar-refractivity contribution in [3.05, 3.63) is 65.4 Å². The van der Waals surface area contributed by atoms with Crippen LogP contribution in [0.4, 0.5) is 0 Å². The summed E-state index contributed by atoms with van der Waals surface area (Å²) >= 11 is 0. The Morgan fingerprint density at radius 1 is 1.14 bits per heavy atom. The average molecular weight is 394 g/mol. The number of rotatable bonds is 6. The predicted molar refractivity (Wildman–Crippen MR) is 111 cm³/mol. The molecule has 1 aromatic heterocycles. The van der Waals surface area contributed by atoms with Gasteiger partial charge in [-0.3, -0.25) is 4.90 Å². The van der Waals surface area contributed by atoms with Crippen molar-refractivity contribution >= 4 is 16.9 Å². The van der Waals surface area contributed by atoms with Crippen molar-refractivity contribution in [1.29, 1.82) is 0 Å². The van der Waals surface area contributed by atoms with E-state index in [4.69, 9.17) is 14.2 Å². The van der Waals surface area contributed by atoms with Crippen LogP contribution in [0.25, 0.3) is 10.9 Å². The average Bonchev–Trinajstić information content (AvgIpc) is 3.15. The Labute approximate surface area is 170 Å². The number of carbonyl (C=O) groups is 1. The third kappa shape index (κ3) is 3.73. The number of aromatic amines is 1. The van der Waals surface area contributed by atoms with Crippen LogP contribution < -0.4 is 4.74 Å². The number of para-hydroxylation sites is 2. The first-order valence-corrected chi connectivity index (χ1v) is 9.97. The quantitative estimate of drug-likeness (QED) is 0.645. The summed E-state index contributed by atoms with van der Waals surface area (Å²) in [5.74, 6) is 0.455. The molecule has 1 aliphatic rings. The lowest BCUT2D eigenvalue weighted by Gasteiger charge is -2.35. The van der Waals surface area contributed by atoms with Gasteiger partial charge in [0, 0.05) is 35.1 Å². The third-order valence-corrected chi connectivity index (χ3v) is 5.34. The van der Waals surface area contributed by atoms with Crippen molar-refractivity contribution in [2.75, 3.05) is 40.0 Å². The Morgan fingerprint density at radius 2 is 1.86 bits per heavy atom. The highest BCUT2D eigenvalue weighted by Gasteiger charge is 2.33. The molecule has 0 spiro atoms. The molecule has 1 unspecified atom stereocenters. The normalized spacial score (nSPS) is 15.9. The van der Waals surface area contributed by atoms with Crippen LogP contribution in [-0.4, -0.2) is 55.9 Å². The fourth-order valence-corrected chi connectivity index (χ4v) is 4.07. The molecule has 4 rings (SSSR count). The van der Waals surface area contributed by atoms with Gasteiger partial charge in [-0.2, -0.15) is 0 Å². The molecule has 0 saturated carbocycles. The molecule has 29 heavy (non-hydrogen) atoms. The van der Waals surface area contributed by atoms with Gasteiger partial charge in [-0.05, 0) is 19.1 Å². The van der Waals surface area contributed by atoms with Crippen molar-refractivity contribution in [2.45, 2.75) is 13.0 Å². The van der Waals surface area contributed by atoms with Crippen molar-refractivity contribution in [1.82, 2.24) is 9.88 Å². The number of carbonyl (C=O) groups excluding carboxylic acids is 1. The molecule has 0 radical (unpaired) electrons. The molecule has 0 aliphatic carbocycles. The van der Waals surface area contributed by atoms with Crippen LogP contribution in [0, 0.1) is 0 Å². The van der Waals surface area contributed by atoms with E-state index >= 15 is 0 Å². The zero-order valence-corrected chi connectivity index (χ0v) is 16.8. The summed E-state index contributed by atoms with van der Waals surface area (Å²) in [6.45, 7) is 4.99. The Balaban J connectivity index is 1.96. The standard InChI is InChI=1S/C23H26N2O4/c1-3-29-23(26)21-20(16-8-4-6-10-18(16)24-21)22(25-12-14-28-15-13-25)17-9-5-7-11-19(17)27-2/h4-11,22,24H,3,12-15H2,1-2H3. The fourth-order valence-electron chi connectivity index (χ4n) is 4.07. The summed E-state index contributed by atoms with van der Waals surface area (Å²) in [5.41, 5.74) is 3.35. The monoisotopic (exact) mass is 394 g/mol. The van der Waals surface area contributed by atoms with Crippen LogP contribution >= 0.6 is 0 Å². The van der Waals surface area contributed by atoms with Gasteiger partial charge in [-0.1, -0.05) is 36.4 Å². The summed E-state index contributed by atoms with van der Waals surface area (Å²) < 4.78 is 16.7. The molecule has 1 atom stereocenters. The minimum absolute atomic E-state index is 0.161. The summed E-state index contributed by atoms with van der Waals surface area (Å²) in [6, 6.07) is 15.8. The molecule has 2 heterocycles. The number of morpholine rings is 1. The third-order valence-electron chi connectivity index (χ3n) is 5.34. The number of fused-ring (bicyclic) bond motifs is 1. The van der Waals surface area contributed by atoms with Crippen molar-refractivity contribution in [3.63, 3.8) is 0 Å². The number of nitrogens with zero attached hydrogens (tertiary/aromatic N) is 1. The Kier molecular flexibility index (Phi) is 5.83. The maximum absolute atomic E-state index is 12.9. The van der Waals surface area contributed by atoms with E-state index in [1.54, 1.807) is 7.11 Å². The molecule has 2 aromatic carbocycles. The SMILES string of the molecule is CCOC(=O)c1[nH]c2ccccc2c1C(c1ccccc1OC)N1CCOCC1. The van der Waals surface area contributed by atoms with Gasteiger partial charge in [0.05, 0.1) is 33.0 Å². The van der Waals surface area contributed by atoms with Crippen molar-refractivity contribution in [2.24, 2.45) is 0 Å². The van der Waals surface area contributed by atoms with Crippen LogP contribution in [0.3, 0.4) is 0 Å². The molecule has 3 aromatic rings. The molecule has 1 saturated heterocycles. The number of aromatic nitrogens is 1. The number of hydrogen-bond acceptors (Lipinski definition) is 5. The van der Waals surface area contributed by atoms with Crippen molar-refractivity contribution < 1.29 is 19.0 Å². The molecule has 6 nitrogen and oxygen atoms in total. The summed E-state index contributed by atoms with van der Waals surface area (Å²) in [7, 11) is 1.68. The second-order valence-corrected chi connectivity index (χ2v) is 6.97. The molecule has 6 heteroatoms.